The van der Waals surface area contributed by atoms with Gasteiger partial charge in [-0.05, 0) is 36.4 Å². The molecule has 0 aliphatic carbocycles. The van der Waals surface area contributed by atoms with E-state index in [4.69, 9.17) is 24.9 Å². The molecule has 3 aromatic rings. The predicted molar refractivity (Wildman–Crippen MR) is 110 cm³/mol. The Hall–Kier alpha value is -4.00. The van der Waals surface area contributed by atoms with E-state index in [1.165, 1.54) is 24.3 Å². The zero-order valence-corrected chi connectivity index (χ0v) is 16.1. The van der Waals surface area contributed by atoms with Gasteiger partial charge in [0, 0.05) is 5.56 Å². The first-order valence-electron chi connectivity index (χ1n) is 8.43. The molecule has 7 heteroatoms. The van der Waals surface area contributed by atoms with Crippen molar-refractivity contribution in [2.45, 2.75) is 0 Å². The Balaban J connectivity index is 0.000000220. The molecule has 0 aromatic heterocycles. The molecule has 152 valence electrons. The Kier molecular flexibility index (Phi) is 10.5. The van der Waals surface area contributed by atoms with E-state index >= 15 is 0 Å². The minimum absolute atomic E-state index is 0.169. The van der Waals surface area contributed by atoms with Crippen LogP contribution >= 0.6 is 0 Å². The average Bonchev–Trinajstić information content (AvgIpc) is 2.77. The molecule has 0 aliphatic heterocycles. The predicted octanol–water partition coefficient (Wildman–Crippen LogP) is 4.13. The Bertz CT molecular complexity index is 835. The minimum atomic E-state index is -0.298. The topological polar surface area (TPSA) is 109 Å². The van der Waals surface area contributed by atoms with E-state index in [1.807, 2.05) is 30.3 Å². The Labute approximate surface area is 169 Å². The first-order chi connectivity index (χ1) is 14.0. The number of nitrogens with zero attached hydrogens (tertiary/aromatic N) is 1. The number of methoxy groups -OCH3 is 2. The molecule has 3 N–H and O–H groups in total. The fourth-order valence-corrected chi connectivity index (χ4v) is 1.97. The molecule has 7 nitrogen and oxygen atoms in total. The molecular formula is C22H23NO6. The van der Waals surface area contributed by atoms with Crippen LogP contribution in [0.25, 0.3) is 0 Å². The maximum absolute atomic E-state index is 10.9. The second-order valence-electron chi connectivity index (χ2n) is 5.35. The second kappa shape index (κ2) is 13.2. The number of oxime groups is 1. The highest BCUT2D eigenvalue weighted by Crippen LogP contribution is 2.24. The number of rotatable bonds is 4. The van der Waals surface area contributed by atoms with Crippen molar-refractivity contribution in [1.29, 1.82) is 0 Å². The van der Waals surface area contributed by atoms with Crippen LogP contribution in [0.1, 0.15) is 10.4 Å². The number of carbonyl (C=O) groups is 1. The number of aromatic hydroxyl groups is 2. The molecule has 0 spiro atoms. The van der Waals surface area contributed by atoms with Gasteiger partial charge >= 0.3 is 0 Å². The largest absolute Gasteiger partial charge is 0.508 e. The zero-order valence-electron chi connectivity index (χ0n) is 16.1. The van der Waals surface area contributed by atoms with Crippen molar-refractivity contribution < 1.29 is 29.7 Å². The van der Waals surface area contributed by atoms with Crippen LogP contribution in [0.4, 0.5) is 0 Å². The normalized spacial score (nSPS) is 9.45. The summed E-state index contributed by atoms with van der Waals surface area (Å²) in [6, 6.07) is 21.9. The van der Waals surface area contributed by atoms with Crippen LogP contribution in [0.2, 0.25) is 0 Å². The van der Waals surface area contributed by atoms with Gasteiger partial charge in [-0.25, -0.2) is 0 Å². The molecule has 3 rings (SSSR count). The SMILES string of the molecule is COc1ccccc1OC.O=C(C=NO)c1ccccc1.Oc1ccc(O)cc1. The lowest BCUT2D eigenvalue weighted by Gasteiger charge is -2.04. The molecule has 0 unspecified atom stereocenters. The molecule has 0 saturated heterocycles. The smallest absolute Gasteiger partial charge is 0.207 e. The number of carbonyl (C=O) groups excluding carboxylic acids is 1. The summed E-state index contributed by atoms with van der Waals surface area (Å²) >= 11 is 0. The van der Waals surface area contributed by atoms with E-state index in [1.54, 1.807) is 38.5 Å². The number of benzene rings is 3. The van der Waals surface area contributed by atoms with Crippen molar-refractivity contribution in [3.05, 3.63) is 84.4 Å². The van der Waals surface area contributed by atoms with Crippen LogP contribution in [-0.2, 0) is 0 Å². The van der Waals surface area contributed by atoms with Gasteiger partial charge in [0.1, 0.15) is 17.7 Å². The number of hydrogen-bond donors (Lipinski definition) is 3. The molecule has 0 fully saturated rings. The van der Waals surface area contributed by atoms with E-state index < -0.39 is 0 Å². The molecule has 0 atom stereocenters. The van der Waals surface area contributed by atoms with Crippen molar-refractivity contribution in [2.75, 3.05) is 14.2 Å². The van der Waals surface area contributed by atoms with Gasteiger partial charge in [0.15, 0.2) is 11.5 Å². The average molecular weight is 397 g/mol. The lowest BCUT2D eigenvalue weighted by molar-refractivity contribution is 0.106. The Morgan fingerprint density at radius 3 is 1.55 bits per heavy atom. The summed E-state index contributed by atoms with van der Waals surface area (Å²) < 4.78 is 10.0. The highest BCUT2D eigenvalue weighted by molar-refractivity contribution is 6.35. The van der Waals surface area contributed by atoms with Gasteiger partial charge in [0.2, 0.25) is 5.78 Å². The lowest BCUT2D eigenvalue weighted by Crippen LogP contribution is -1.98. The fourth-order valence-electron chi connectivity index (χ4n) is 1.97. The van der Waals surface area contributed by atoms with Crippen LogP contribution in [0.15, 0.2) is 84.0 Å². The number of ketones is 1. The van der Waals surface area contributed by atoms with E-state index in [0.717, 1.165) is 17.7 Å². The molecule has 0 bridgehead atoms. The van der Waals surface area contributed by atoms with Crippen LogP contribution in [0.3, 0.4) is 0 Å². The zero-order chi connectivity index (χ0) is 21.5. The van der Waals surface area contributed by atoms with E-state index in [2.05, 4.69) is 5.16 Å². The van der Waals surface area contributed by atoms with Gasteiger partial charge in [-0.3, -0.25) is 4.79 Å². The van der Waals surface area contributed by atoms with Crippen molar-refractivity contribution >= 4 is 12.0 Å². The summed E-state index contributed by atoms with van der Waals surface area (Å²) in [7, 11) is 3.25. The molecule has 0 amide bonds. The van der Waals surface area contributed by atoms with Crippen LogP contribution in [0, 0.1) is 0 Å². The van der Waals surface area contributed by atoms with Crippen molar-refractivity contribution in [3.8, 4) is 23.0 Å². The quantitative estimate of drug-likeness (QED) is 0.201. The first kappa shape index (κ1) is 23.0. The van der Waals surface area contributed by atoms with E-state index in [0.29, 0.717) is 5.56 Å². The molecule has 29 heavy (non-hydrogen) atoms. The van der Waals surface area contributed by atoms with Crippen molar-refractivity contribution in [1.82, 2.24) is 0 Å². The van der Waals surface area contributed by atoms with Gasteiger partial charge in [-0.2, -0.15) is 0 Å². The van der Waals surface area contributed by atoms with Crippen LogP contribution in [0.5, 0.6) is 23.0 Å². The maximum atomic E-state index is 10.9. The van der Waals surface area contributed by atoms with Gasteiger partial charge in [0.05, 0.1) is 14.2 Å². The van der Waals surface area contributed by atoms with Crippen LogP contribution < -0.4 is 9.47 Å². The number of phenolic OH excluding ortho intramolecular Hbond substituents is 2. The summed E-state index contributed by atoms with van der Waals surface area (Å²) in [5.74, 6) is 1.58. The third-order valence-corrected chi connectivity index (χ3v) is 3.37. The molecule has 0 radical (unpaired) electrons. The highest BCUT2D eigenvalue weighted by atomic mass is 16.5. The highest BCUT2D eigenvalue weighted by Gasteiger charge is 1.99. The van der Waals surface area contributed by atoms with Gasteiger partial charge in [-0.15, -0.1) is 0 Å². The molecule has 0 aliphatic rings. The lowest BCUT2D eigenvalue weighted by atomic mass is 10.1. The summed E-state index contributed by atoms with van der Waals surface area (Å²) in [6.45, 7) is 0. The first-order valence-corrected chi connectivity index (χ1v) is 8.43. The molecule has 0 heterocycles. The molecular weight excluding hydrogens is 374 g/mol. The van der Waals surface area contributed by atoms with Crippen molar-refractivity contribution in [3.63, 3.8) is 0 Å². The third-order valence-electron chi connectivity index (χ3n) is 3.37. The second-order valence-corrected chi connectivity index (χ2v) is 5.35. The minimum Gasteiger partial charge on any atom is -0.508 e. The standard InChI is InChI=1S/C8H7NO2.C8H10O2.C6H6O2/c10-8(6-9-11)7-4-2-1-3-5-7;1-9-7-5-3-4-6-8(7)10-2;7-5-1-2-6(8)4-3-5/h1-6,11H;3-6H,1-2H3;1-4,7-8H. The van der Waals surface area contributed by atoms with Gasteiger partial charge in [0.25, 0.3) is 0 Å². The molecule has 0 saturated carbocycles. The number of hydrogen-bond acceptors (Lipinski definition) is 7. The Morgan fingerprint density at radius 1 is 0.759 bits per heavy atom. The number of ether oxygens (including phenoxy) is 2. The van der Waals surface area contributed by atoms with Crippen molar-refractivity contribution in [2.24, 2.45) is 5.16 Å². The summed E-state index contributed by atoms with van der Waals surface area (Å²) in [5.41, 5.74) is 0.519. The number of Topliss-reactive ketones (excluding diaryl/α,β-unsaturated/α-hetero) is 1. The molecule has 3 aromatic carbocycles. The van der Waals surface area contributed by atoms with Crippen LogP contribution in [-0.4, -0.2) is 41.6 Å². The van der Waals surface area contributed by atoms with E-state index in [9.17, 15) is 4.79 Å². The van der Waals surface area contributed by atoms with Gasteiger partial charge in [-0.1, -0.05) is 47.6 Å². The summed E-state index contributed by atoms with van der Waals surface area (Å²) in [6.07, 6.45) is 0.870. The number of para-hydroxylation sites is 2. The Morgan fingerprint density at radius 2 is 1.17 bits per heavy atom. The third kappa shape index (κ3) is 8.96. The number of phenols is 2. The summed E-state index contributed by atoms with van der Waals surface area (Å²) in [4.78, 5) is 10.9. The van der Waals surface area contributed by atoms with E-state index in [-0.39, 0.29) is 17.3 Å². The van der Waals surface area contributed by atoms with Gasteiger partial charge < -0.3 is 24.9 Å². The monoisotopic (exact) mass is 397 g/mol. The summed E-state index contributed by atoms with van der Waals surface area (Å²) in [5, 5.41) is 28.0. The fraction of sp³-hybridized carbons (Fsp3) is 0.0909. The maximum Gasteiger partial charge on any atom is 0.207 e.